The molecule has 2 fully saturated rings. The second kappa shape index (κ2) is 4.25. The van der Waals surface area contributed by atoms with Crippen molar-refractivity contribution in [3.05, 3.63) is 24.3 Å². The summed E-state index contributed by atoms with van der Waals surface area (Å²) in [5.74, 6) is 0.618. The monoisotopic (exact) mass is 236 g/mol. The lowest BCUT2D eigenvalue weighted by Crippen LogP contribution is -2.35. The Balaban J connectivity index is 2.28. The molecule has 3 unspecified atom stereocenters. The Morgan fingerprint density at radius 1 is 1.35 bits per heavy atom. The lowest BCUT2D eigenvalue weighted by atomic mass is 9.61. The van der Waals surface area contributed by atoms with Gasteiger partial charge in [-0.05, 0) is 49.9 Å². The van der Waals surface area contributed by atoms with Crippen LogP contribution >= 0.6 is 0 Å². The van der Waals surface area contributed by atoms with Gasteiger partial charge in [0, 0.05) is 0 Å². The number of aliphatic hydroxyl groups excluding tert-OH is 2. The molecule has 0 bridgehead atoms. The zero-order valence-corrected chi connectivity index (χ0v) is 10.9. The fourth-order valence-corrected chi connectivity index (χ4v) is 3.78. The highest BCUT2D eigenvalue weighted by Crippen LogP contribution is 2.57. The lowest BCUT2D eigenvalue weighted by molar-refractivity contribution is 0.0199. The van der Waals surface area contributed by atoms with Crippen molar-refractivity contribution in [1.29, 1.82) is 0 Å². The average Bonchev–Trinajstić information content (AvgIpc) is 2.48. The Hall–Kier alpha value is -0.600. The van der Waals surface area contributed by atoms with Crippen molar-refractivity contribution in [2.24, 2.45) is 17.3 Å². The number of hydrogen-bond acceptors (Lipinski definition) is 2. The van der Waals surface area contributed by atoms with E-state index in [0.717, 1.165) is 19.3 Å². The fourth-order valence-electron chi connectivity index (χ4n) is 3.78. The standard InChI is InChI=1S/C15H24O2/c1-9(2)12-6-5-10(3)15(7-12)8-13(16)14(17)11(15)4/h11-14,16-17H,1,3,5-8H2,2,4H3/t11-,12-,13?,14?,15?/m0/s1. The van der Waals surface area contributed by atoms with Crippen molar-refractivity contribution in [2.45, 2.75) is 51.7 Å². The number of rotatable bonds is 1. The highest BCUT2D eigenvalue weighted by Gasteiger charge is 2.53. The van der Waals surface area contributed by atoms with Gasteiger partial charge in [-0.25, -0.2) is 0 Å². The van der Waals surface area contributed by atoms with Gasteiger partial charge in [-0.1, -0.05) is 31.2 Å². The second-order valence-corrected chi connectivity index (χ2v) is 6.10. The van der Waals surface area contributed by atoms with E-state index >= 15 is 0 Å². The summed E-state index contributed by atoms with van der Waals surface area (Å²) < 4.78 is 0. The first-order valence-electron chi connectivity index (χ1n) is 6.58. The molecular formula is C15H24O2. The van der Waals surface area contributed by atoms with Crippen LogP contribution in [0.5, 0.6) is 0 Å². The maximum absolute atomic E-state index is 10.0. The molecule has 2 N–H and O–H groups in total. The third kappa shape index (κ3) is 1.88. The van der Waals surface area contributed by atoms with E-state index in [1.165, 1.54) is 11.1 Å². The molecule has 0 aromatic heterocycles. The van der Waals surface area contributed by atoms with Crippen LogP contribution in [0, 0.1) is 17.3 Å². The molecule has 96 valence electrons. The molecule has 17 heavy (non-hydrogen) atoms. The van der Waals surface area contributed by atoms with Gasteiger partial charge in [-0.3, -0.25) is 0 Å². The summed E-state index contributed by atoms with van der Waals surface area (Å²) in [5.41, 5.74) is 2.37. The maximum Gasteiger partial charge on any atom is 0.0833 e. The van der Waals surface area contributed by atoms with Crippen molar-refractivity contribution in [1.82, 2.24) is 0 Å². The predicted octanol–water partition coefficient (Wildman–Crippen LogP) is 2.67. The molecule has 2 aliphatic rings. The quantitative estimate of drug-likeness (QED) is 0.687. The van der Waals surface area contributed by atoms with E-state index in [-0.39, 0.29) is 11.3 Å². The minimum atomic E-state index is -0.601. The topological polar surface area (TPSA) is 40.5 Å². The van der Waals surface area contributed by atoms with Gasteiger partial charge in [0.25, 0.3) is 0 Å². The van der Waals surface area contributed by atoms with Gasteiger partial charge in [0.15, 0.2) is 0 Å². The summed E-state index contributed by atoms with van der Waals surface area (Å²) in [6.07, 6.45) is 2.59. The maximum atomic E-state index is 10.0. The molecule has 0 aliphatic heterocycles. The molecule has 0 aromatic rings. The lowest BCUT2D eigenvalue weighted by Gasteiger charge is -2.44. The first-order valence-corrected chi connectivity index (χ1v) is 6.58. The Kier molecular flexibility index (Phi) is 3.21. The molecular weight excluding hydrogens is 212 g/mol. The SMILES string of the molecule is C=C(C)[C@H]1CCC(=C)C2(CC(O)C(O)[C@@H]2C)C1. The molecule has 0 aromatic carbocycles. The molecule has 1 spiro atoms. The van der Waals surface area contributed by atoms with Crippen molar-refractivity contribution in [3.8, 4) is 0 Å². The second-order valence-electron chi connectivity index (χ2n) is 6.10. The summed E-state index contributed by atoms with van der Waals surface area (Å²) in [5, 5.41) is 19.9. The fraction of sp³-hybridized carbons (Fsp3) is 0.733. The first kappa shape index (κ1) is 12.8. The zero-order chi connectivity index (χ0) is 12.8. The van der Waals surface area contributed by atoms with Crippen LogP contribution in [0.25, 0.3) is 0 Å². The van der Waals surface area contributed by atoms with Crippen LogP contribution in [-0.2, 0) is 0 Å². The molecule has 0 amide bonds. The normalized spacial score (nSPS) is 46.5. The van der Waals surface area contributed by atoms with Crippen LogP contribution in [0.15, 0.2) is 24.3 Å². The van der Waals surface area contributed by atoms with E-state index < -0.39 is 12.2 Å². The molecule has 5 atom stereocenters. The molecule has 0 saturated heterocycles. The summed E-state index contributed by atoms with van der Waals surface area (Å²) in [7, 11) is 0. The van der Waals surface area contributed by atoms with Gasteiger partial charge in [-0.2, -0.15) is 0 Å². The molecule has 0 heterocycles. The van der Waals surface area contributed by atoms with E-state index in [4.69, 9.17) is 0 Å². The minimum absolute atomic E-state index is 0.0688. The Morgan fingerprint density at radius 2 is 2.00 bits per heavy atom. The van der Waals surface area contributed by atoms with E-state index in [1.807, 2.05) is 6.92 Å². The summed E-state index contributed by atoms with van der Waals surface area (Å²) in [6.45, 7) is 12.4. The van der Waals surface area contributed by atoms with Gasteiger partial charge in [0.1, 0.15) is 0 Å². The minimum Gasteiger partial charge on any atom is -0.390 e. The highest BCUT2D eigenvalue weighted by molar-refractivity contribution is 5.23. The molecule has 0 radical (unpaired) electrons. The summed E-state index contributed by atoms with van der Waals surface area (Å²) >= 11 is 0. The first-order chi connectivity index (χ1) is 7.88. The van der Waals surface area contributed by atoms with Crippen molar-refractivity contribution in [3.63, 3.8) is 0 Å². The van der Waals surface area contributed by atoms with Gasteiger partial charge in [-0.15, -0.1) is 0 Å². The van der Waals surface area contributed by atoms with Crippen LogP contribution in [-0.4, -0.2) is 22.4 Å². The Labute approximate surface area is 104 Å². The van der Waals surface area contributed by atoms with E-state index in [2.05, 4.69) is 20.1 Å². The zero-order valence-electron chi connectivity index (χ0n) is 10.9. The van der Waals surface area contributed by atoms with E-state index in [1.54, 1.807) is 0 Å². The van der Waals surface area contributed by atoms with Crippen LogP contribution in [0.1, 0.15) is 39.5 Å². The van der Waals surface area contributed by atoms with Crippen molar-refractivity contribution < 1.29 is 10.2 Å². The van der Waals surface area contributed by atoms with Gasteiger partial charge >= 0.3 is 0 Å². The average molecular weight is 236 g/mol. The van der Waals surface area contributed by atoms with Crippen LogP contribution < -0.4 is 0 Å². The molecule has 2 nitrogen and oxygen atoms in total. The molecule has 2 rings (SSSR count). The Bertz CT molecular complexity index is 347. The van der Waals surface area contributed by atoms with Crippen LogP contribution in [0.4, 0.5) is 0 Å². The highest BCUT2D eigenvalue weighted by atomic mass is 16.3. The van der Waals surface area contributed by atoms with Crippen molar-refractivity contribution >= 4 is 0 Å². The molecule has 2 aliphatic carbocycles. The third-order valence-corrected chi connectivity index (χ3v) is 5.16. The summed E-state index contributed by atoms with van der Waals surface area (Å²) in [4.78, 5) is 0. The van der Waals surface area contributed by atoms with Crippen molar-refractivity contribution in [2.75, 3.05) is 0 Å². The number of hydrogen-bond donors (Lipinski definition) is 2. The van der Waals surface area contributed by atoms with Gasteiger partial charge in [0.05, 0.1) is 12.2 Å². The van der Waals surface area contributed by atoms with Crippen LogP contribution in [0.3, 0.4) is 0 Å². The van der Waals surface area contributed by atoms with E-state index in [0.29, 0.717) is 12.3 Å². The largest absolute Gasteiger partial charge is 0.390 e. The molecule has 2 saturated carbocycles. The smallest absolute Gasteiger partial charge is 0.0833 e. The van der Waals surface area contributed by atoms with Gasteiger partial charge in [0.2, 0.25) is 0 Å². The van der Waals surface area contributed by atoms with Crippen LogP contribution in [0.2, 0.25) is 0 Å². The number of allylic oxidation sites excluding steroid dienone is 2. The Morgan fingerprint density at radius 3 is 2.47 bits per heavy atom. The number of aliphatic hydroxyl groups is 2. The summed E-state index contributed by atoms with van der Waals surface area (Å²) in [6, 6.07) is 0. The predicted molar refractivity (Wildman–Crippen MR) is 69.5 cm³/mol. The van der Waals surface area contributed by atoms with E-state index in [9.17, 15) is 10.2 Å². The van der Waals surface area contributed by atoms with Gasteiger partial charge < -0.3 is 10.2 Å². The molecule has 2 heteroatoms. The third-order valence-electron chi connectivity index (χ3n) is 5.16.